The number of methoxy groups -OCH3 is 2. The number of esters is 1. The zero-order valence-electron chi connectivity index (χ0n) is 13.0. The van der Waals surface area contributed by atoms with E-state index in [0.29, 0.717) is 12.3 Å². The van der Waals surface area contributed by atoms with E-state index in [0.717, 1.165) is 16.7 Å². The number of carbonyl (C=O) groups is 1. The molecule has 23 heavy (non-hydrogen) atoms. The molecule has 0 aromatic heterocycles. The van der Waals surface area contributed by atoms with Gasteiger partial charge in [0.15, 0.2) is 5.60 Å². The Morgan fingerprint density at radius 1 is 1.26 bits per heavy atom. The monoisotopic (exact) mass is 311 g/mol. The highest BCUT2D eigenvalue weighted by atomic mass is 16.6. The first kappa shape index (κ1) is 14.2. The fourth-order valence-electron chi connectivity index (χ4n) is 3.69. The number of allylic oxidation sites excluding steroid dienone is 2. The van der Waals surface area contributed by atoms with Gasteiger partial charge in [0.1, 0.15) is 17.8 Å². The van der Waals surface area contributed by atoms with Crippen LogP contribution in [0.4, 0.5) is 0 Å². The van der Waals surface area contributed by atoms with E-state index in [2.05, 4.69) is 4.99 Å². The van der Waals surface area contributed by atoms with E-state index in [4.69, 9.17) is 14.2 Å². The second-order valence-corrected chi connectivity index (χ2v) is 5.81. The summed E-state index contributed by atoms with van der Waals surface area (Å²) < 4.78 is 16.7. The normalized spacial score (nSPS) is 31.1. The number of hydrogen-bond donors (Lipinski definition) is 0. The molecule has 1 spiro atoms. The van der Waals surface area contributed by atoms with Gasteiger partial charge in [0.25, 0.3) is 0 Å². The first-order chi connectivity index (χ1) is 11.2. The number of nitrogens with zero attached hydrogens (tertiary/aromatic N) is 1. The largest absolute Gasteiger partial charge is 0.498 e. The van der Waals surface area contributed by atoms with Crippen molar-refractivity contribution in [3.8, 4) is 0 Å². The Labute approximate surface area is 134 Å². The lowest BCUT2D eigenvalue weighted by Crippen LogP contribution is -2.36. The number of ether oxygens (including phenoxy) is 3. The van der Waals surface area contributed by atoms with Gasteiger partial charge < -0.3 is 14.2 Å². The molecule has 4 rings (SSSR count). The predicted octanol–water partition coefficient (Wildman–Crippen LogP) is 2.12. The lowest BCUT2D eigenvalue weighted by molar-refractivity contribution is -0.149. The van der Waals surface area contributed by atoms with Crippen LogP contribution in [0.3, 0.4) is 0 Å². The molecule has 0 radical (unpaired) electrons. The van der Waals surface area contributed by atoms with Crippen LogP contribution in [0.5, 0.6) is 0 Å². The minimum Gasteiger partial charge on any atom is -0.498 e. The van der Waals surface area contributed by atoms with E-state index < -0.39 is 17.6 Å². The van der Waals surface area contributed by atoms with Crippen molar-refractivity contribution in [3.05, 3.63) is 58.9 Å². The Morgan fingerprint density at radius 3 is 2.87 bits per heavy atom. The smallest absolute Gasteiger partial charge is 0.318 e. The first-order valence-electron chi connectivity index (χ1n) is 7.52. The molecule has 5 nitrogen and oxygen atoms in total. The minimum atomic E-state index is -0.927. The lowest BCUT2D eigenvalue weighted by Gasteiger charge is -2.33. The van der Waals surface area contributed by atoms with E-state index in [9.17, 15) is 4.79 Å². The molecule has 0 N–H and O–H groups in total. The Morgan fingerprint density at radius 2 is 2.09 bits per heavy atom. The molecule has 1 aliphatic carbocycles. The summed E-state index contributed by atoms with van der Waals surface area (Å²) >= 11 is 0. The van der Waals surface area contributed by atoms with E-state index >= 15 is 0 Å². The molecule has 2 aliphatic heterocycles. The molecule has 1 saturated heterocycles. The molecule has 5 heteroatoms. The number of hydrogen-bond acceptors (Lipinski definition) is 5. The van der Waals surface area contributed by atoms with Gasteiger partial charge in [-0.3, -0.25) is 9.79 Å². The Balaban J connectivity index is 1.91. The lowest BCUT2D eigenvalue weighted by atomic mass is 9.75. The topological polar surface area (TPSA) is 57.1 Å². The summed E-state index contributed by atoms with van der Waals surface area (Å²) in [5, 5.41) is 0. The summed E-state index contributed by atoms with van der Waals surface area (Å²) in [6, 6.07) is 7.93. The van der Waals surface area contributed by atoms with Crippen molar-refractivity contribution < 1.29 is 19.0 Å². The third-order valence-electron chi connectivity index (χ3n) is 4.73. The standard InChI is InChI=1S/C18H17NO4/c1-21-14-8-7-13-15(16(14)22-2)17(20)23-18(13)10-19-9-11-5-3-4-6-12(11)18/h3-8,10,15-16H,9H2,1-2H3. The Hall–Kier alpha value is -2.40. The minimum absolute atomic E-state index is 0.311. The molecule has 1 fully saturated rings. The van der Waals surface area contributed by atoms with Gasteiger partial charge in [0, 0.05) is 18.2 Å². The molecule has 118 valence electrons. The Kier molecular flexibility index (Phi) is 3.13. The summed E-state index contributed by atoms with van der Waals surface area (Å²) in [5.41, 5.74) is 1.97. The maximum Gasteiger partial charge on any atom is 0.318 e. The van der Waals surface area contributed by atoms with Crippen molar-refractivity contribution in [1.82, 2.24) is 0 Å². The quantitative estimate of drug-likeness (QED) is 0.785. The van der Waals surface area contributed by atoms with Gasteiger partial charge in [-0.05, 0) is 11.6 Å². The average Bonchev–Trinajstić information content (AvgIpc) is 2.87. The highest BCUT2D eigenvalue weighted by Crippen LogP contribution is 2.50. The van der Waals surface area contributed by atoms with Crippen LogP contribution in [0.15, 0.2) is 52.7 Å². The molecule has 0 amide bonds. The highest BCUT2D eigenvalue weighted by Gasteiger charge is 2.57. The van der Waals surface area contributed by atoms with Crippen molar-refractivity contribution in [2.24, 2.45) is 10.9 Å². The number of carbonyl (C=O) groups excluding carboxylic acids is 1. The average molecular weight is 311 g/mol. The first-order valence-corrected chi connectivity index (χ1v) is 7.52. The summed E-state index contributed by atoms with van der Waals surface area (Å²) in [7, 11) is 3.14. The number of benzene rings is 1. The summed E-state index contributed by atoms with van der Waals surface area (Å²) in [6.07, 6.45) is 5.01. The number of fused-ring (bicyclic) bond motifs is 4. The summed E-state index contributed by atoms with van der Waals surface area (Å²) in [4.78, 5) is 17.1. The van der Waals surface area contributed by atoms with Gasteiger partial charge in [-0.25, -0.2) is 0 Å². The van der Waals surface area contributed by atoms with Crippen LogP contribution in [0.25, 0.3) is 0 Å². The second kappa shape index (κ2) is 5.06. The molecule has 1 aromatic carbocycles. The summed E-state index contributed by atoms with van der Waals surface area (Å²) in [5.74, 6) is -0.206. The molecule has 0 bridgehead atoms. The van der Waals surface area contributed by atoms with Crippen molar-refractivity contribution in [1.29, 1.82) is 0 Å². The predicted molar refractivity (Wildman–Crippen MR) is 83.9 cm³/mol. The van der Waals surface area contributed by atoms with E-state index in [1.165, 1.54) is 0 Å². The fraction of sp³-hybridized carbons (Fsp3) is 0.333. The zero-order chi connectivity index (χ0) is 16.0. The molecular formula is C18H17NO4. The molecule has 3 unspecified atom stereocenters. The van der Waals surface area contributed by atoms with Gasteiger partial charge >= 0.3 is 5.97 Å². The van der Waals surface area contributed by atoms with Crippen LogP contribution in [-0.2, 0) is 31.2 Å². The molecule has 0 saturated carbocycles. The third-order valence-corrected chi connectivity index (χ3v) is 4.73. The van der Waals surface area contributed by atoms with Crippen molar-refractivity contribution >= 4 is 12.2 Å². The van der Waals surface area contributed by atoms with E-state index in [-0.39, 0.29) is 5.97 Å². The van der Waals surface area contributed by atoms with Crippen LogP contribution in [0.1, 0.15) is 11.1 Å². The second-order valence-electron chi connectivity index (χ2n) is 5.81. The maximum absolute atomic E-state index is 12.6. The van der Waals surface area contributed by atoms with Crippen LogP contribution < -0.4 is 0 Å². The van der Waals surface area contributed by atoms with Crippen LogP contribution in [0, 0.1) is 5.92 Å². The van der Waals surface area contributed by atoms with Gasteiger partial charge in [-0.1, -0.05) is 30.3 Å². The van der Waals surface area contributed by atoms with Crippen LogP contribution >= 0.6 is 0 Å². The van der Waals surface area contributed by atoms with Crippen molar-refractivity contribution in [2.45, 2.75) is 18.2 Å². The molecule has 3 aliphatic rings. The Bertz CT molecular complexity index is 764. The molecule has 1 aromatic rings. The van der Waals surface area contributed by atoms with E-state index in [1.54, 1.807) is 20.4 Å². The maximum atomic E-state index is 12.6. The van der Waals surface area contributed by atoms with Gasteiger partial charge in [0.05, 0.1) is 19.9 Å². The molecule has 2 heterocycles. The van der Waals surface area contributed by atoms with Crippen molar-refractivity contribution in [2.75, 3.05) is 14.2 Å². The van der Waals surface area contributed by atoms with Gasteiger partial charge in [-0.2, -0.15) is 0 Å². The number of aliphatic imine (C=N–C) groups is 1. The summed E-state index contributed by atoms with van der Waals surface area (Å²) in [6.45, 7) is 0.598. The van der Waals surface area contributed by atoms with E-state index in [1.807, 2.05) is 36.4 Å². The van der Waals surface area contributed by atoms with Gasteiger partial charge in [-0.15, -0.1) is 0 Å². The van der Waals surface area contributed by atoms with Crippen LogP contribution in [-0.4, -0.2) is 32.5 Å². The number of rotatable bonds is 2. The zero-order valence-corrected chi connectivity index (χ0v) is 13.0. The SMILES string of the molecule is COC1=CC=C2C(C(=O)OC23C=NCc2ccccc23)C1OC. The van der Waals surface area contributed by atoms with Crippen LogP contribution in [0.2, 0.25) is 0 Å². The third kappa shape index (κ3) is 1.83. The fourth-order valence-corrected chi connectivity index (χ4v) is 3.69. The molecule has 3 atom stereocenters. The van der Waals surface area contributed by atoms with Gasteiger partial charge in [0.2, 0.25) is 0 Å². The molecular weight excluding hydrogens is 294 g/mol. The highest BCUT2D eigenvalue weighted by molar-refractivity contribution is 5.93. The van der Waals surface area contributed by atoms with Crippen molar-refractivity contribution in [3.63, 3.8) is 0 Å².